The lowest BCUT2D eigenvalue weighted by Crippen LogP contribution is -2.35. The molecule has 0 spiro atoms. The van der Waals surface area contributed by atoms with Gasteiger partial charge in [-0.2, -0.15) is 10.2 Å². The van der Waals surface area contributed by atoms with E-state index in [0.29, 0.717) is 12.1 Å². The fourth-order valence-corrected chi connectivity index (χ4v) is 1.97. The second-order valence-electron chi connectivity index (χ2n) is 4.42. The lowest BCUT2D eigenvalue weighted by molar-refractivity contribution is 0.0242. The molecule has 0 saturated heterocycles. The monoisotopic (exact) mass is 257 g/mol. The van der Waals surface area contributed by atoms with E-state index in [9.17, 15) is 4.79 Å². The molecular formula is C14H15N3O2. The van der Waals surface area contributed by atoms with E-state index in [1.54, 1.807) is 25.3 Å². The Hall–Kier alpha value is -2.43. The van der Waals surface area contributed by atoms with Crippen molar-refractivity contribution in [1.82, 2.24) is 10.2 Å². The van der Waals surface area contributed by atoms with E-state index in [1.165, 1.54) is 0 Å². The molecule has 98 valence electrons. The number of hydrogen-bond donors (Lipinski definition) is 1. The van der Waals surface area contributed by atoms with Crippen LogP contribution in [0.4, 0.5) is 4.79 Å². The number of nitrogens with zero attached hydrogens (tertiary/aromatic N) is 2. The van der Waals surface area contributed by atoms with Gasteiger partial charge < -0.3 is 10.5 Å². The number of amides is 1. The van der Waals surface area contributed by atoms with Crippen molar-refractivity contribution in [2.75, 3.05) is 0 Å². The standard InChI is InChI=1S/C14H15N3O2/c1-14(19-13(15)18,12-8-5-9-16-17-12)10-11-6-3-2-4-7-11/h2-9H,10H2,1H3,(H2,15,18). The van der Waals surface area contributed by atoms with Gasteiger partial charge in [-0.25, -0.2) is 4.79 Å². The molecule has 0 saturated carbocycles. The van der Waals surface area contributed by atoms with Crippen LogP contribution in [0.15, 0.2) is 48.7 Å². The molecule has 19 heavy (non-hydrogen) atoms. The molecule has 1 amide bonds. The van der Waals surface area contributed by atoms with Crippen LogP contribution in [0, 0.1) is 0 Å². The maximum absolute atomic E-state index is 11.1. The molecule has 5 nitrogen and oxygen atoms in total. The average molecular weight is 257 g/mol. The maximum atomic E-state index is 11.1. The molecule has 0 aliphatic carbocycles. The Morgan fingerprint density at radius 3 is 2.58 bits per heavy atom. The minimum atomic E-state index is -0.929. The molecule has 1 aromatic heterocycles. The fourth-order valence-electron chi connectivity index (χ4n) is 1.97. The SMILES string of the molecule is CC(Cc1ccccc1)(OC(N)=O)c1cccnn1. The average Bonchev–Trinajstić information content (AvgIpc) is 2.40. The Balaban J connectivity index is 2.32. The van der Waals surface area contributed by atoms with Crippen LogP contribution in [0.5, 0.6) is 0 Å². The van der Waals surface area contributed by atoms with Crippen LogP contribution >= 0.6 is 0 Å². The highest BCUT2D eigenvalue weighted by Gasteiger charge is 2.32. The summed E-state index contributed by atoms with van der Waals surface area (Å²) in [5.41, 5.74) is 5.82. The summed E-state index contributed by atoms with van der Waals surface area (Å²) in [7, 11) is 0. The molecule has 1 unspecified atom stereocenters. The van der Waals surface area contributed by atoms with E-state index in [-0.39, 0.29) is 0 Å². The highest BCUT2D eigenvalue weighted by atomic mass is 16.6. The third-order valence-corrected chi connectivity index (χ3v) is 2.82. The fraction of sp³-hybridized carbons (Fsp3) is 0.214. The highest BCUT2D eigenvalue weighted by Crippen LogP contribution is 2.27. The van der Waals surface area contributed by atoms with Crippen LogP contribution in [-0.4, -0.2) is 16.3 Å². The second kappa shape index (κ2) is 5.48. The first-order chi connectivity index (χ1) is 9.10. The molecule has 0 bridgehead atoms. The summed E-state index contributed by atoms with van der Waals surface area (Å²) in [5, 5.41) is 7.83. The summed E-state index contributed by atoms with van der Waals surface area (Å²) < 4.78 is 5.26. The van der Waals surface area contributed by atoms with Crippen molar-refractivity contribution < 1.29 is 9.53 Å². The third kappa shape index (κ3) is 3.28. The van der Waals surface area contributed by atoms with Crippen molar-refractivity contribution in [1.29, 1.82) is 0 Å². The van der Waals surface area contributed by atoms with Crippen molar-refractivity contribution in [2.45, 2.75) is 18.9 Å². The number of benzene rings is 1. The minimum Gasteiger partial charge on any atom is -0.436 e. The van der Waals surface area contributed by atoms with Crippen molar-refractivity contribution >= 4 is 6.09 Å². The predicted molar refractivity (Wildman–Crippen MR) is 70.2 cm³/mol. The number of aromatic nitrogens is 2. The largest absolute Gasteiger partial charge is 0.436 e. The van der Waals surface area contributed by atoms with E-state index in [4.69, 9.17) is 10.5 Å². The molecule has 1 aromatic carbocycles. The Bertz CT molecular complexity index is 545. The molecule has 2 N–H and O–H groups in total. The third-order valence-electron chi connectivity index (χ3n) is 2.82. The second-order valence-corrected chi connectivity index (χ2v) is 4.42. The molecule has 0 fully saturated rings. The van der Waals surface area contributed by atoms with Gasteiger partial charge in [-0.3, -0.25) is 0 Å². The first kappa shape index (κ1) is 13.0. The lowest BCUT2D eigenvalue weighted by atomic mass is 9.92. The first-order valence-electron chi connectivity index (χ1n) is 5.91. The summed E-state index contributed by atoms with van der Waals surface area (Å²) >= 11 is 0. The number of ether oxygens (including phenoxy) is 1. The van der Waals surface area contributed by atoms with Gasteiger partial charge in [-0.05, 0) is 24.6 Å². The Kier molecular flexibility index (Phi) is 3.75. The zero-order valence-corrected chi connectivity index (χ0v) is 10.6. The Morgan fingerprint density at radius 2 is 2.00 bits per heavy atom. The van der Waals surface area contributed by atoms with Crippen molar-refractivity contribution in [3.8, 4) is 0 Å². The predicted octanol–water partition coefficient (Wildman–Crippen LogP) is 2.03. The van der Waals surface area contributed by atoms with E-state index >= 15 is 0 Å². The van der Waals surface area contributed by atoms with E-state index in [0.717, 1.165) is 5.56 Å². The molecule has 1 heterocycles. The van der Waals surface area contributed by atoms with Gasteiger partial charge in [-0.1, -0.05) is 30.3 Å². The number of hydrogen-bond acceptors (Lipinski definition) is 4. The maximum Gasteiger partial charge on any atom is 0.405 e. The quantitative estimate of drug-likeness (QED) is 0.909. The van der Waals surface area contributed by atoms with Gasteiger partial charge in [0.2, 0.25) is 0 Å². The zero-order chi connectivity index (χ0) is 13.7. The zero-order valence-electron chi connectivity index (χ0n) is 10.6. The molecular weight excluding hydrogens is 242 g/mol. The number of nitrogens with two attached hydrogens (primary N) is 1. The number of primary amides is 1. The van der Waals surface area contributed by atoms with E-state index in [1.807, 2.05) is 30.3 Å². The van der Waals surface area contributed by atoms with Crippen LogP contribution in [-0.2, 0) is 16.8 Å². The number of carbonyl (C=O) groups is 1. The highest BCUT2D eigenvalue weighted by molar-refractivity contribution is 5.65. The van der Waals surface area contributed by atoms with Gasteiger partial charge in [0.15, 0.2) is 5.60 Å². The lowest BCUT2D eigenvalue weighted by Gasteiger charge is -2.27. The minimum absolute atomic E-state index is 0.482. The van der Waals surface area contributed by atoms with Crippen LogP contribution in [0.25, 0.3) is 0 Å². The molecule has 0 aliphatic rings. The van der Waals surface area contributed by atoms with Crippen molar-refractivity contribution in [3.63, 3.8) is 0 Å². The smallest absolute Gasteiger partial charge is 0.405 e. The van der Waals surface area contributed by atoms with Gasteiger partial charge in [0.05, 0.1) is 0 Å². The summed E-state index contributed by atoms with van der Waals surface area (Å²) in [5.74, 6) is 0. The van der Waals surface area contributed by atoms with Gasteiger partial charge in [0, 0.05) is 12.6 Å². The van der Waals surface area contributed by atoms with E-state index < -0.39 is 11.7 Å². The van der Waals surface area contributed by atoms with Gasteiger partial charge in [0.25, 0.3) is 0 Å². The molecule has 5 heteroatoms. The molecule has 1 atom stereocenters. The molecule has 0 radical (unpaired) electrons. The summed E-state index contributed by atoms with van der Waals surface area (Å²) in [6, 6.07) is 13.2. The van der Waals surface area contributed by atoms with E-state index in [2.05, 4.69) is 10.2 Å². The Morgan fingerprint density at radius 1 is 1.26 bits per heavy atom. The molecule has 0 aliphatic heterocycles. The summed E-state index contributed by atoms with van der Waals surface area (Å²) in [6.45, 7) is 1.77. The van der Waals surface area contributed by atoms with Crippen LogP contribution in [0.2, 0.25) is 0 Å². The van der Waals surface area contributed by atoms with Crippen molar-refractivity contribution in [3.05, 3.63) is 59.9 Å². The normalized spacial score (nSPS) is 13.5. The Labute approximate surface area is 111 Å². The number of carbonyl (C=O) groups excluding carboxylic acids is 1. The van der Waals surface area contributed by atoms with Gasteiger partial charge in [0.1, 0.15) is 5.69 Å². The van der Waals surface area contributed by atoms with Gasteiger partial charge in [-0.15, -0.1) is 0 Å². The molecule has 2 rings (SSSR count). The van der Waals surface area contributed by atoms with Crippen LogP contribution in [0.3, 0.4) is 0 Å². The van der Waals surface area contributed by atoms with Crippen LogP contribution < -0.4 is 5.73 Å². The topological polar surface area (TPSA) is 78.1 Å². The summed E-state index contributed by atoms with van der Waals surface area (Å²) in [4.78, 5) is 11.1. The van der Waals surface area contributed by atoms with Crippen LogP contribution in [0.1, 0.15) is 18.2 Å². The van der Waals surface area contributed by atoms with Gasteiger partial charge >= 0.3 is 6.09 Å². The molecule has 2 aromatic rings. The number of rotatable bonds is 4. The summed E-state index contributed by atoms with van der Waals surface area (Å²) in [6.07, 6.45) is 1.22. The first-order valence-corrected chi connectivity index (χ1v) is 5.91. The van der Waals surface area contributed by atoms with Crippen molar-refractivity contribution in [2.24, 2.45) is 5.73 Å².